The summed E-state index contributed by atoms with van der Waals surface area (Å²) in [6.45, 7) is 0.767. The highest BCUT2D eigenvalue weighted by Crippen LogP contribution is 2.30. The molecule has 28 heavy (non-hydrogen) atoms. The molecule has 2 heterocycles. The highest BCUT2D eigenvalue weighted by Gasteiger charge is 2.31. The van der Waals surface area contributed by atoms with E-state index in [1.54, 1.807) is 36.3 Å². The van der Waals surface area contributed by atoms with E-state index in [-0.39, 0.29) is 23.6 Å². The molecule has 1 saturated heterocycles. The molecule has 5 nitrogen and oxygen atoms in total. The number of benzene rings is 1. The Labute approximate surface area is 161 Å². The smallest absolute Gasteiger partial charge is 0.406 e. The molecule has 8 heteroatoms. The van der Waals surface area contributed by atoms with E-state index in [2.05, 4.69) is 9.72 Å². The van der Waals surface area contributed by atoms with Crippen molar-refractivity contribution in [1.29, 1.82) is 0 Å². The second kappa shape index (κ2) is 8.18. The molecule has 0 spiro atoms. The van der Waals surface area contributed by atoms with Crippen molar-refractivity contribution in [1.82, 2.24) is 9.88 Å². The first-order valence-corrected chi connectivity index (χ1v) is 9.05. The van der Waals surface area contributed by atoms with Gasteiger partial charge in [0, 0.05) is 31.7 Å². The maximum absolute atomic E-state index is 12.4. The molecule has 1 aliphatic rings. The second-order valence-corrected chi connectivity index (χ2v) is 6.97. The zero-order valence-corrected chi connectivity index (χ0v) is 15.4. The molecular weight excluding hydrogens is 371 g/mol. The van der Waals surface area contributed by atoms with E-state index in [9.17, 15) is 18.0 Å². The van der Waals surface area contributed by atoms with E-state index in [0.717, 1.165) is 13.0 Å². The zero-order chi connectivity index (χ0) is 20.3. The molecule has 150 valence electrons. The fraction of sp³-hybridized carbons (Fsp3) is 0.400. The maximum atomic E-state index is 12.4. The second-order valence-electron chi connectivity index (χ2n) is 6.97. The van der Waals surface area contributed by atoms with Crippen molar-refractivity contribution >= 4 is 5.91 Å². The van der Waals surface area contributed by atoms with Crippen molar-refractivity contribution in [3.05, 3.63) is 48.3 Å². The van der Waals surface area contributed by atoms with E-state index >= 15 is 0 Å². The van der Waals surface area contributed by atoms with Crippen LogP contribution in [0.1, 0.15) is 31.0 Å². The number of carbonyl (C=O) groups is 1. The highest BCUT2D eigenvalue weighted by atomic mass is 19.4. The number of carbonyl (C=O) groups excluding carboxylic acids is 1. The largest absolute Gasteiger partial charge is 0.573 e. The van der Waals surface area contributed by atoms with Gasteiger partial charge in [-0.05, 0) is 54.7 Å². The van der Waals surface area contributed by atoms with Crippen LogP contribution in [0.15, 0.2) is 42.6 Å². The van der Waals surface area contributed by atoms with E-state index in [1.165, 1.54) is 18.2 Å². The summed E-state index contributed by atoms with van der Waals surface area (Å²) in [7, 11) is 1.80. The molecule has 1 amide bonds. The van der Waals surface area contributed by atoms with Crippen LogP contribution in [0.5, 0.6) is 5.75 Å². The van der Waals surface area contributed by atoms with Crippen molar-refractivity contribution in [2.45, 2.75) is 31.7 Å². The molecule has 0 bridgehead atoms. The van der Waals surface area contributed by atoms with Crippen LogP contribution < -0.4 is 10.5 Å². The van der Waals surface area contributed by atoms with Crippen molar-refractivity contribution in [2.75, 3.05) is 13.6 Å². The monoisotopic (exact) mass is 393 g/mol. The summed E-state index contributed by atoms with van der Waals surface area (Å²) in [5, 5.41) is 0. The van der Waals surface area contributed by atoms with Gasteiger partial charge in [0.15, 0.2) is 0 Å². The van der Waals surface area contributed by atoms with Crippen LogP contribution in [-0.2, 0) is 4.79 Å². The lowest BCUT2D eigenvalue weighted by atomic mass is 9.96. The van der Waals surface area contributed by atoms with Crippen LogP contribution >= 0.6 is 0 Å². The van der Waals surface area contributed by atoms with Gasteiger partial charge in [0.1, 0.15) is 5.75 Å². The SMILES string of the molecule is CN1CC[C@@H](CC[C@H](N)c2cc(-c3cccc(OC(F)(F)F)c3)ccn2)C1=O. The first-order chi connectivity index (χ1) is 13.2. The predicted molar refractivity (Wildman–Crippen MR) is 98.3 cm³/mol. The lowest BCUT2D eigenvalue weighted by Gasteiger charge is -2.15. The Morgan fingerprint density at radius 2 is 2.04 bits per heavy atom. The predicted octanol–water partition coefficient (Wildman–Crippen LogP) is 3.91. The molecule has 1 aromatic heterocycles. The van der Waals surface area contributed by atoms with E-state index in [4.69, 9.17) is 5.73 Å². The average molecular weight is 393 g/mol. The number of nitrogens with zero attached hydrogens (tertiary/aromatic N) is 2. The van der Waals surface area contributed by atoms with Crippen LogP contribution in [0.25, 0.3) is 11.1 Å². The first kappa shape index (κ1) is 20.1. The number of alkyl halides is 3. The lowest BCUT2D eigenvalue weighted by Crippen LogP contribution is -2.23. The topological polar surface area (TPSA) is 68.4 Å². The molecule has 2 N–H and O–H groups in total. The zero-order valence-electron chi connectivity index (χ0n) is 15.4. The number of aromatic nitrogens is 1. The number of hydrogen-bond donors (Lipinski definition) is 1. The molecule has 0 radical (unpaired) electrons. The van der Waals surface area contributed by atoms with Crippen LogP contribution in [0.2, 0.25) is 0 Å². The van der Waals surface area contributed by atoms with Crippen molar-refractivity contribution in [2.24, 2.45) is 11.7 Å². The number of nitrogens with two attached hydrogens (primary N) is 1. The Kier molecular flexibility index (Phi) is 5.88. The fourth-order valence-corrected chi connectivity index (χ4v) is 3.39. The first-order valence-electron chi connectivity index (χ1n) is 9.05. The maximum Gasteiger partial charge on any atom is 0.573 e. The number of amides is 1. The Balaban J connectivity index is 1.70. The fourth-order valence-electron chi connectivity index (χ4n) is 3.39. The highest BCUT2D eigenvalue weighted by molar-refractivity contribution is 5.80. The van der Waals surface area contributed by atoms with Gasteiger partial charge in [-0.15, -0.1) is 13.2 Å². The van der Waals surface area contributed by atoms with Gasteiger partial charge in [0.25, 0.3) is 0 Å². The van der Waals surface area contributed by atoms with E-state index in [0.29, 0.717) is 29.7 Å². The van der Waals surface area contributed by atoms with Crippen molar-refractivity contribution in [3.63, 3.8) is 0 Å². The standard InChI is InChI=1S/C20H22F3N3O2/c1-26-10-8-13(19(26)27)5-6-17(24)18-12-15(7-9-25-18)14-3-2-4-16(11-14)28-20(21,22)23/h2-4,7,9,11-13,17H,5-6,8,10,24H2,1H3/t13-,17+/m1/s1. The lowest BCUT2D eigenvalue weighted by molar-refractivity contribution is -0.274. The number of pyridine rings is 1. The summed E-state index contributed by atoms with van der Waals surface area (Å²) in [4.78, 5) is 18.0. The summed E-state index contributed by atoms with van der Waals surface area (Å²) >= 11 is 0. The summed E-state index contributed by atoms with van der Waals surface area (Å²) in [6, 6.07) is 8.89. The van der Waals surface area contributed by atoms with Gasteiger partial charge in [-0.1, -0.05) is 12.1 Å². The van der Waals surface area contributed by atoms with Crippen molar-refractivity contribution < 1.29 is 22.7 Å². The summed E-state index contributed by atoms with van der Waals surface area (Å²) in [6.07, 6.45) is -1.03. The number of rotatable bonds is 6. The molecular formula is C20H22F3N3O2. The van der Waals surface area contributed by atoms with E-state index in [1.807, 2.05) is 0 Å². The molecule has 0 aliphatic carbocycles. The summed E-state index contributed by atoms with van der Waals surface area (Å²) in [5.41, 5.74) is 8.16. The minimum Gasteiger partial charge on any atom is -0.406 e. The van der Waals surface area contributed by atoms with Crippen LogP contribution in [0, 0.1) is 5.92 Å². The number of halogens is 3. The van der Waals surface area contributed by atoms with Crippen molar-refractivity contribution in [3.8, 4) is 16.9 Å². The average Bonchev–Trinajstić information content (AvgIpc) is 2.97. The minimum atomic E-state index is -4.74. The van der Waals surface area contributed by atoms with Gasteiger partial charge in [-0.3, -0.25) is 9.78 Å². The third-order valence-corrected chi connectivity index (χ3v) is 4.93. The summed E-state index contributed by atoms with van der Waals surface area (Å²) < 4.78 is 41.3. The van der Waals surface area contributed by atoms with Gasteiger partial charge in [-0.2, -0.15) is 0 Å². The Morgan fingerprint density at radius 3 is 2.71 bits per heavy atom. The molecule has 1 aromatic carbocycles. The third-order valence-electron chi connectivity index (χ3n) is 4.93. The van der Waals surface area contributed by atoms with Gasteiger partial charge in [0.05, 0.1) is 5.69 Å². The molecule has 2 atom stereocenters. The molecule has 0 saturated carbocycles. The third kappa shape index (κ3) is 5.01. The van der Waals surface area contributed by atoms with Crippen LogP contribution in [0.3, 0.4) is 0 Å². The number of ether oxygens (including phenoxy) is 1. The quantitative estimate of drug-likeness (QED) is 0.808. The minimum absolute atomic E-state index is 0.00423. The normalized spacial score (nSPS) is 18.4. The number of likely N-dealkylation sites (tertiary alicyclic amines) is 1. The van der Waals surface area contributed by atoms with Gasteiger partial charge >= 0.3 is 6.36 Å². The van der Waals surface area contributed by atoms with Gasteiger partial charge in [-0.25, -0.2) is 0 Å². The molecule has 1 fully saturated rings. The molecule has 1 aliphatic heterocycles. The number of hydrogen-bond acceptors (Lipinski definition) is 4. The molecule has 0 unspecified atom stereocenters. The van der Waals surface area contributed by atoms with E-state index < -0.39 is 6.36 Å². The van der Waals surface area contributed by atoms with Crippen LogP contribution in [-0.4, -0.2) is 35.7 Å². The Morgan fingerprint density at radius 1 is 1.29 bits per heavy atom. The summed E-state index contributed by atoms with van der Waals surface area (Å²) in [5.74, 6) is -0.137. The molecule has 3 rings (SSSR count). The Hall–Kier alpha value is -2.61. The Bertz CT molecular complexity index is 841. The van der Waals surface area contributed by atoms with Gasteiger partial charge in [0.2, 0.25) is 5.91 Å². The molecule has 2 aromatic rings. The van der Waals surface area contributed by atoms with Crippen LogP contribution in [0.4, 0.5) is 13.2 Å². The van der Waals surface area contributed by atoms with Gasteiger partial charge < -0.3 is 15.4 Å².